The lowest BCUT2D eigenvalue weighted by molar-refractivity contribution is -0.131. The SMILES string of the molecule is O=C(O)C=Cc1ccsc1CSc1nc2ccccc2[nH]1. The van der Waals surface area contributed by atoms with Gasteiger partial charge in [-0.2, -0.15) is 0 Å². The first-order valence-corrected chi connectivity index (χ1v) is 8.14. The predicted octanol–water partition coefficient (Wildman–Crippen LogP) is 4.01. The average Bonchev–Trinajstić information content (AvgIpc) is 3.08. The van der Waals surface area contributed by atoms with E-state index in [1.165, 1.54) is 0 Å². The lowest BCUT2D eigenvalue weighted by Crippen LogP contribution is -1.86. The molecular formula is C15H12N2O2S2. The van der Waals surface area contributed by atoms with Crippen molar-refractivity contribution in [2.24, 2.45) is 0 Å². The maximum absolute atomic E-state index is 10.6. The summed E-state index contributed by atoms with van der Waals surface area (Å²) in [5.74, 6) is -0.173. The molecule has 0 unspecified atom stereocenters. The number of thiophene rings is 1. The molecule has 0 bridgehead atoms. The number of hydrogen-bond donors (Lipinski definition) is 2. The van der Waals surface area contributed by atoms with Gasteiger partial charge in [0.1, 0.15) is 0 Å². The molecule has 0 radical (unpaired) electrons. The van der Waals surface area contributed by atoms with E-state index in [1.807, 2.05) is 35.7 Å². The number of carbonyl (C=O) groups is 1. The van der Waals surface area contributed by atoms with Gasteiger partial charge in [0.25, 0.3) is 0 Å². The number of carboxylic acid groups (broad SMARTS) is 1. The molecule has 3 rings (SSSR count). The molecule has 2 aromatic heterocycles. The number of imidazole rings is 1. The second-order valence-electron chi connectivity index (χ2n) is 4.32. The summed E-state index contributed by atoms with van der Waals surface area (Å²) in [7, 11) is 0. The predicted molar refractivity (Wildman–Crippen MR) is 86.6 cm³/mol. The van der Waals surface area contributed by atoms with E-state index in [4.69, 9.17) is 5.11 Å². The Hall–Kier alpha value is -2.05. The van der Waals surface area contributed by atoms with Gasteiger partial charge < -0.3 is 10.1 Å². The van der Waals surface area contributed by atoms with Gasteiger partial charge in [0, 0.05) is 16.7 Å². The van der Waals surface area contributed by atoms with Crippen molar-refractivity contribution < 1.29 is 9.90 Å². The molecule has 0 amide bonds. The van der Waals surface area contributed by atoms with Crippen LogP contribution in [0.25, 0.3) is 17.1 Å². The van der Waals surface area contributed by atoms with Crippen molar-refractivity contribution in [2.45, 2.75) is 10.9 Å². The standard InChI is InChI=1S/C15H12N2O2S2/c18-14(19)6-5-10-7-8-20-13(10)9-21-15-16-11-3-1-2-4-12(11)17-15/h1-8H,9H2,(H,16,17)(H,18,19). The zero-order valence-electron chi connectivity index (χ0n) is 10.9. The van der Waals surface area contributed by atoms with Crippen LogP contribution in [0.1, 0.15) is 10.4 Å². The minimum atomic E-state index is -0.933. The van der Waals surface area contributed by atoms with Crippen molar-refractivity contribution >= 4 is 46.2 Å². The second kappa shape index (κ2) is 6.15. The smallest absolute Gasteiger partial charge is 0.328 e. The van der Waals surface area contributed by atoms with Crippen LogP contribution >= 0.6 is 23.1 Å². The van der Waals surface area contributed by atoms with E-state index < -0.39 is 5.97 Å². The molecule has 0 spiro atoms. The highest BCUT2D eigenvalue weighted by atomic mass is 32.2. The third kappa shape index (κ3) is 3.34. The number of hydrogen-bond acceptors (Lipinski definition) is 4. The van der Waals surface area contributed by atoms with E-state index in [0.717, 1.165) is 38.5 Å². The molecule has 1 aromatic carbocycles. The summed E-state index contributed by atoms with van der Waals surface area (Å²) in [5, 5.41) is 11.5. The lowest BCUT2D eigenvalue weighted by Gasteiger charge is -1.97. The van der Waals surface area contributed by atoms with Gasteiger partial charge in [-0.05, 0) is 35.2 Å². The molecule has 2 heterocycles. The number of benzene rings is 1. The van der Waals surface area contributed by atoms with Gasteiger partial charge in [-0.1, -0.05) is 23.9 Å². The highest BCUT2D eigenvalue weighted by Gasteiger charge is 2.06. The van der Waals surface area contributed by atoms with Crippen LogP contribution < -0.4 is 0 Å². The second-order valence-corrected chi connectivity index (χ2v) is 6.28. The fourth-order valence-corrected chi connectivity index (χ4v) is 3.79. The highest BCUT2D eigenvalue weighted by molar-refractivity contribution is 7.98. The number of carboxylic acids is 1. The van der Waals surface area contributed by atoms with Crippen molar-refractivity contribution in [3.05, 3.63) is 52.2 Å². The maximum atomic E-state index is 10.6. The fourth-order valence-electron chi connectivity index (χ4n) is 1.91. The maximum Gasteiger partial charge on any atom is 0.328 e. The third-order valence-corrected chi connectivity index (χ3v) is 4.91. The van der Waals surface area contributed by atoms with Crippen LogP contribution in [0.2, 0.25) is 0 Å². The first-order chi connectivity index (χ1) is 10.2. The molecule has 3 aromatic rings. The highest BCUT2D eigenvalue weighted by Crippen LogP contribution is 2.28. The Balaban J connectivity index is 1.73. The molecule has 21 heavy (non-hydrogen) atoms. The molecule has 0 atom stereocenters. The molecule has 4 nitrogen and oxygen atoms in total. The van der Waals surface area contributed by atoms with Crippen molar-refractivity contribution in [3.63, 3.8) is 0 Å². The molecule has 6 heteroatoms. The van der Waals surface area contributed by atoms with Crippen molar-refractivity contribution in [1.29, 1.82) is 0 Å². The summed E-state index contributed by atoms with van der Waals surface area (Å²) in [4.78, 5) is 19.5. The summed E-state index contributed by atoms with van der Waals surface area (Å²) >= 11 is 3.24. The molecular weight excluding hydrogens is 304 g/mol. The minimum Gasteiger partial charge on any atom is -0.478 e. The van der Waals surface area contributed by atoms with Gasteiger partial charge in [-0.3, -0.25) is 0 Å². The summed E-state index contributed by atoms with van der Waals surface area (Å²) in [6.45, 7) is 0. The van der Waals surface area contributed by atoms with Gasteiger partial charge in [0.15, 0.2) is 5.16 Å². The number of rotatable bonds is 5. The Morgan fingerprint density at radius 2 is 2.24 bits per heavy atom. The van der Waals surface area contributed by atoms with E-state index in [2.05, 4.69) is 9.97 Å². The number of aromatic nitrogens is 2. The number of para-hydroxylation sites is 2. The summed E-state index contributed by atoms with van der Waals surface area (Å²) < 4.78 is 0. The molecule has 0 aliphatic rings. The number of nitrogens with one attached hydrogen (secondary N) is 1. The quantitative estimate of drug-likeness (QED) is 0.551. The van der Waals surface area contributed by atoms with Gasteiger partial charge in [-0.15, -0.1) is 11.3 Å². The van der Waals surface area contributed by atoms with E-state index in [-0.39, 0.29) is 0 Å². The molecule has 0 aliphatic heterocycles. The van der Waals surface area contributed by atoms with Gasteiger partial charge in [-0.25, -0.2) is 9.78 Å². The van der Waals surface area contributed by atoms with Crippen LogP contribution in [0.3, 0.4) is 0 Å². The van der Waals surface area contributed by atoms with Crippen LogP contribution in [0.5, 0.6) is 0 Å². The monoisotopic (exact) mass is 316 g/mol. The van der Waals surface area contributed by atoms with E-state index in [9.17, 15) is 4.79 Å². The van der Waals surface area contributed by atoms with E-state index in [0.29, 0.717) is 0 Å². The first kappa shape index (κ1) is 13.9. The minimum absolute atomic E-state index is 0.761. The van der Waals surface area contributed by atoms with Crippen LogP contribution in [0.15, 0.2) is 46.9 Å². The first-order valence-electron chi connectivity index (χ1n) is 6.27. The Morgan fingerprint density at radius 1 is 1.38 bits per heavy atom. The molecule has 106 valence electrons. The Labute approximate surface area is 129 Å². The molecule has 0 aliphatic carbocycles. The zero-order chi connectivity index (χ0) is 14.7. The van der Waals surface area contributed by atoms with Gasteiger partial charge >= 0.3 is 5.97 Å². The Kier molecular flexibility index (Phi) is 4.08. The number of nitrogens with zero attached hydrogens (tertiary/aromatic N) is 1. The van der Waals surface area contributed by atoms with Gasteiger partial charge in [0.05, 0.1) is 11.0 Å². The molecule has 2 N–H and O–H groups in total. The lowest BCUT2D eigenvalue weighted by atomic mass is 10.2. The molecule has 0 fully saturated rings. The molecule has 0 saturated heterocycles. The van der Waals surface area contributed by atoms with Crippen LogP contribution in [0.4, 0.5) is 0 Å². The zero-order valence-corrected chi connectivity index (χ0v) is 12.6. The summed E-state index contributed by atoms with van der Waals surface area (Å²) in [6, 6.07) is 9.84. The number of thioether (sulfide) groups is 1. The Bertz CT molecular complexity index is 772. The Morgan fingerprint density at radius 3 is 3.05 bits per heavy atom. The van der Waals surface area contributed by atoms with Crippen molar-refractivity contribution in [1.82, 2.24) is 9.97 Å². The topological polar surface area (TPSA) is 66.0 Å². The van der Waals surface area contributed by atoms with Crippen LogP contribution in [-0.2, 0) is 10.5 Å². The molecule has 0 saturated carbocycles. The number of aromatic amines is 1. The largest absolute Gasteiger partial charge is 0.478 e. The number of fused-ring (bicyclic) bond motifs is 1. The van der Waals surface area contributed by atoms with E-state index in [1.54, 1.807) is 29.2 Å². The fraction of sp³-hybridized carbons (Fsp3) is 0.0667. The van der Waals surface area contributed by atoms with Crippen LogP contribution in [-0.4, -0.2) is 21.0 Å². The van der Waals surface area contributed by atoms with Crippen LogP contribution in [0, 0.1) is 0 Å². The van der Waals surface area contributed by atoms with Crippen molar-refractivity contribution in [2.75, 3.05) is 0 Å². The third-order valence-electron chi connectivity index (χ3n) is 2.89. The summed E-state index contributed by atoms with van der Waals surface area (Å²) in [5.41, 5.74) is 2.93. The van der Waals surface area contributed by atoms with Crippen molar-refractivity contribution in [3.8, 4) is 0 Å². The summed E-state index contributed by atoms with van der Waals surface area (Å²) in [6.07, 6.45) is 2.80. The number of H-pyrrole nitrogens is 1. The average molecular weight is 316 g/mol. The normalized spacial score (nSPS) is 11.4. The number of aliphatic carboxylic acids is 1. The van der Waals surface area contributed by atoms with Gasteiger partial charge in [0.2, 0.25) is 0 Å². The van der Waals surface area contributed by atoms with E-state index >= 15 is 0 Å².